The highest BCUT2D eigenvalue weighted by Crippen LogP contribution is 2.55. The largest absolute Gasteiger partial charge is 0.304 e. The van der Waals surface area contributed by atoms with E-state index in [2.05, 4.69) is 5.32 Å². The second-order valence-corrected chi connectivity index (χ2v) is 5.70. The van der Waals surface area contributed by atoms with Gasteiger partial charge in [0.25, 0.3) is 0 Å². The molecule has 1 N–H and O–H groups in total. The van der Waals surface area contributed by atoms with Crippen molar-refractivity contribution in [2.45, 2.75) is 44.1 Å². The lowest BCUT2D eigenvalue weighted by Crippen LogP contribution is -2.58. The molecular formula is C12H18NO. The van der Waals surface area contributed by atoms with Crippen LogP contribution < -0.4 is 5.32 Å². The van der Waals surface area contributed by atoms with E-state index in [9.17, 15) is 4.79 Å². The van der Waals surface area contributed by atoms with Crippen LogP contribution in [0.5, 0.6) is 0 Å². The molecule has 0 heterocycles. The molecule has 0 aromatic rings. The molecule has 4 fully saturated rings. The second-order valence-electron chi connectivity index (χ2n) is 5.70. The van der Waals surface area contributed by atoms with Gasteiger partial charge < -0.3 is 5.32 Å². The summed E-state index contributed by atoms with van der Waals surface area (Å²) in [4.78, 5) is 10.3. The van der Waals surface area contributed by atoms with E-state index < -0.39 is 0 Å². The molecular weight excluding hydrogens is 174 g/mol. The molecule has 4 saturated carbocycles. The molecule has 0 atom stereocenters. The van der Waals surface area contributed by atoms with Crippen molar-refractivity contribution in [1.29, 1.82) is 0 Å². The maximum atomic E-state index is 10.3. The van der Waals surface area contributed by atoms with E-state index in [1.165, 1.54) is 38.5 Å². The van der Waals surface area contributed by atoms with Crippen molar-refractivity contribution in [3.63, 3.8) is 0 Å². The molecule has 0 spiro atoms. The first-order valence-electron chi connectivity index (χ1n) is 5.90. The van der Waals surface area contributed by atoms with Crippen LogP contribution in [0.25, 0.3) is 0 Å². The Kier molecular flexibility index (Phi) is 1.94. The second kappa shape index (κ2) is 3.06. The smallest absolute Gasteiger partial charge is 0.213 e. The van der Waals surface area contributed by atoms with E-state index in [1.807, 2.05) is 6.29 Å². The van der Waals surface area contributed by atoms with Crippen LogP contribution in [0.1, 0.15) is 38.5 Å². The molecule has 0 saturated heterocycles. The zero-order valence-corrected chi connectivity index (χ0v) is 8.59. The van der Waals surface area contributed by atoms with Crippen molar-refractivity contribution in [3.8, 4) is 0 Å². The number of rotatable bonds is 3. The summed E-state index contributed by atoms with van der Waals surface area (Å²) < 4.78 is 0. The zero-order chi connectivity index (χ0) is 9.60. The van der Waals surface area contributed by atoms with Gasteiger partial charge in [0.2, 0.25) is 6.29 Å². The Morgan fingerprint density at radius 1 is 1.07 bits per heavy atom. The molecule has 1 radical (unpaired) electrons. The predicted molar refractivity (Wildman–Crippen MR) is 54.6 cm³/mol. The van der Waals surface area contributed by atoms with Crippen molar-refractivity contribution in [2.75, 3.05) is 6.54 Å². The average Bonchev–Trinajstić information content (AvgIpc) is 2.12. The molecule has 2 nitrogen and oxygen atoms in total. The normalized spacial score (nSPS) is 49.6. The van der Waals surface area contributed by atoms with E-state index in [1.54, 1.807) is 0 Å². The van der Waals surface area contributed by atoms with Crippen molar-refractivity contribution >= 4 is 6.29 Å². The minimum absolute atomic E-state index is 0.339. The van der Waals surface area contributed by atoms with Crippen molar-refractivity contribution in [3.05, 3.63) is 0 Å². The molecule has 77 valence electrons. The van der Waals surface area contributed by atoms with Crippen LogP contribution in [0, 0.1) is 17.8 Å². The van der Waals surface area contributed by atoms with Gasteiger partial charge >= 0.3 is 0 Å². The van der Waals surface area contributed by atoms with Gasteiger partial charge in [0, 0.05) is 5.54 Å². The number of nitrogens with one attached hydrogen (secondary N) is 1. The van der Waals surface area contributed by atoms with Gasteiger partial charge in [-0.2, -0.15) is 0 Å². The zero-order valence-electron chi connectivity index (χ0n) is 8.59. The van der Waals surface area contributed by atoms with Gasteiger partial charge in [-0.1, -0.05) is 0 Å². The predicted octanol–water partition coefficient (Wildman–Crippen LogP) is 1.65. The molecule has 4 rings (SSSR count). The molecule has 2 heteroatoms. The van der Waals surface area contributed by atoms with E-state index in [-0.39, 0.29) is 0 Å². The monoisotopic (exact) mass is 192 g/mol. The van der Waals surface area contributed by atoms with Gasteiger partial charge in [-0.3, -0.25) is 4.79 Å². The summed E-state index contributed by atoms with van der Waals surface area (Å²) in [6.07, 6.45) is 10.3. The van der Waals surface area contributed by atoms with E-state index in [0.717, 1.165) is 17.8 Å². The number of hydrogen-bond donors (Lipinski definition) is 1. The fraction of sp³-hybridized carbons (Fsp3) is 0.917. The Hall–Kier alpha value is -0.370. The number of carbonyl (C=O) groups excluding carboxylic acids is 1. The Bertz CT molecular complexity index is 213. The lowest BCUT2D eigenvalue weighted by Gasteiger charge is -2.57. The Morgan fingerprint density at radius 3 is 2.00 bits per heavy atom. The van der Waals surface area contributed by atoms with Gasteiger partial charge in [0.05, 0.1) is 6.54 Å². The number of hydrogen-bond acceptors (Lipinski definition) is 2. The molecule has 14 heavy (non-hydrogen) atoms. The molecule has 0 aromatic heterocycles. The average molecular weight is 192 g/mol. The van der Waals surface area contributed by atoms with Gasteiger partial charge in [-0.05, 0) is 56.3 Å². The standard InChI is InChI=1S/C12H18NO/c14-2-1-13-12-6-9-3-10(7-12)5-11(4-9)8-12/h9-11,13H,1,3-8H2. The van der Waals surface area contributed by atoms with Crippen LogP contribution in [-0.4, -0.2) is 18.4 Å². The summed E-state index contributed by atoms with van der Waals surface area (Å²) in [5.41, 5.74) is 0.339. The third kappa shape index (κ3) is 1.31. The van der Waals surface area contributed by atoms with Crippen molar-refractivity contribution in [2.24, 2.45) is 17.8 Å². The highest BCUT2D eigenvalue weighted by molar-refractivity contribution is 5.53. The van der Waals surface area contributed by atoms with Crippen LogP contribution in [-0.2, 0) is 4.79 Å². The van der Waals surface area contributed by atoms with E-state index in [0.29, 0.717) is 12.1 Å². The van der Waals surface area contributed by atoms with Crippen molar-refractivity contribution < 1.29 is 4.79 Å². The molecule has 0 unspecified atom stereocenters. The first kappa shape index (κ1) is 8.90. The van der Waals surface area contributed by atoms with Crippen LogP contribution >= 0.6 is 0 Å². The summed E-state index contributed by atoms with van der Waals surface area (Å²) in [6.45, 7) is 0.437. The third-order valence-electron chi connectivity index (χ3n) is 4.57. The van der Waals surface area contributed by atoms with Gasteiger partial charge in [-0.15, -0.1) is 0 Å². The summed E-state index contributed by atoms with van der Waals surface area (Å²) >= 11 is 0. The fourth-order valence-electron chi connectivity index (χ4n) is 4.55. The Labute approximate surface area is 85.4 Å². The first-order valence-corrected chi connectivity index (χ1v) is 5.90. The maximum Gasteiger partial charge on any atom is 0.213 e. The molecule has 0 amide bonds. The van der Waals surface area contributed by atoms with Gasteiger partial charge in [0.1, 0.15) is 0 Å². The van der Waals surface area contributed by atoms with Crippen LogP contribution in [0.2, 0.25) is 0 Å². The van der Waals surface area contributed by atoms with E-state index >= 15 is 0 Å². The molecule has 0 aromatic carbocycles. The fourth-order valence-corrected chi connectivity index (χ4v) is 4.55. The summed E-state index contributed by atoms with van der Waals surface area (Å²) in [6, 6.07) is 0. The molecule has 4 bridgehead atoms. The molecule has 0 aliphatic heterocycles. The van der Waals surface area contributed by atoms with Crippen LogP contribution in [0.3, 0.4) is 0 Å². The lowest BCUT2D eigenvalue weighted by atomic mass is 9.53. The molecule has 4 aliphatic rings. The quantitative estimate of drug-likeness (QED) is 0.736. The topological polar surface area (TPSA) is 29.1 Å². The minimum atomic E-state index is 0.339. The first-order chi connectivity index (χ1) is 6.80. The van der Waals surface area contributed by atoms with Gasteiger partial charge in [-0.25, -0.2) is 0 Å². The van der Waals surface area contributed by atoms with Gasteiger partial charge in [0.15, 0.2) is 0 Å². The summed E-state index contributed by atoms with van der Waals surface area (Å²) in [5.74, 6) is 2.88. The van der Waals surface area contributed by atoms with Crippen LogP contribution in [0.15, 0.2) is 0 Å². The van der Waals surface area contributed by atoms with Crippen molar-refractivity contribution in [1.82, 2.24) is 5.32 Å². The highest BCUT2D eigenvalue weighted by Gasteiger charge is 2.50. The van der Waals surface area contributed by atoms with E-state index in [4.69, 9.17) is 0 Å². The lowest BCUT2D eigenvalue weighted by molar-refractivity contribution is -0.0174. The Balaban J connectivity index is 1.77. The minimum Gasteiger partial charge on any atom is -0.304 e. The maximum absolute atomic E-state index is 10.3. The van der Waals surface area contributed by atoms with Crippen LogP contribution in [0.4, 0.5) is 0 Å². The summed E-state index contributed by atoms with van der Waals surface area (Å²) in [5, 5.41) is 3.45. The summed E-state index contributed by atoms with van der Waals surface area (Å²) in [7, 11) is 0. The third-order valence-corrected chi connectivity index (χ3v) is 4.57. The highest BCUT2D eigenvalue weighted by atomic mass is 16.1. The SMILES string of the molecule is O=[C]CNC12CC3CC(CC(C3)C1)C2. The molecule has 4 aliphatic carbocycles. The Morgan fingerprint density at radius 2 is 1.57 bits per heavy atom.